The molecule has 0 aliphatic carbocycles. The molecule has 38 heavy (non-hydrogen) atoms. The van der Waals surface area contributed by atoms with Gasteiger partial charge in [-0.2, -0.15) is 0 Å². The topological polar surface area (TPSA) is 89.5 Å². The van der Waals surface area contributed by atoms with Gasteiger partial charge in [0.05, 0.1) is 32.8 Å². The number of para-hydroxylation sites is 1. The number of methoxy groups -OCH3 is 3. The van der Waals surface area contributed by atoms with E-state index in [9.17, 15) is 9.59 Å². The molecule has 0 radical (unpaired) electrons. The molecule has 0 unspecified atom stereocenters. The van der Waals surface area contributed by atoms with E-state index in [4.69, 9.17) is 14.2 Å². The van der Waals surface area contributed by atoms with Crippen molar-refractivity contribution in [1.29, 1.82) is 0 Å². The van der Waals surface area contributed by atoms with Crippen molar-refractivity contribution in [2.24, 2.45) is 4.99 Å². The van der Waals surface area contributed by atoms with Gasteiger partial charge in [0.15, 0.2) is 16.7 Å². The van der Waals surface area contributed by atoms with Crippen molar-refractivity contribution < 1.29 is 23.8 Å². The first kappa shape index (κ1) is 26.8. The maximum Gasteiger partial charge on any atom is 0.283 e. The molecule has 196 valence electrons. The van der Waals surface area contributed by atoms with E-state index in [0.29, 0.717) is 41.0 Å². The fourth-order valence-electron chi connectivity index (χ4n) is 3.82. The van der Waals surface area contributed by atoms with Crippen LogP contribution >= 0.6 is 11.8 Å². The second-order valence-corrected chi connectivity index (χ2v) is 9.19. The van der Waals surface area contributed by atoms with E-state index in [1.54, 1.807) is 27.4 Å². The van der Waals surface area contributed by atoms with Crippen LogP contribution in [0.3, 0.4) is 0 Å². The Labute approximate surface area is 226 Å². The predicted molar refractivity (Wildman–Crippen MR) is 151 cm³/mol. The van der Waals surface area contributed by atoms with Gasteiger partial charge in [-0.3, -0.25) is 14.5 Å². The Hall–Kier alpha value is -4.24. The Morgan fingerprint density at radius 3 is 2.37 bits per heavy atom. The molecule has 8 nitrogen and oxygen atoms in total. The average molecular weight is 532 g/mol. The molecular formula is C29H29N3O5S. The third kappa shape index (κ3) is 6.54. The molecule has 9 heteroatoms. The van der Waals surface area contributed by atoms with Crippen molar-refractivity contribution in [3.8, 4) is 17.2 Å². The van der Waals surface area contributed by atoms with Crippen LogP contribution in [0.5, 0.6) is 17.2 Å². The van der Waals surface area contributed by atoms with Gasteiger partial charge in [-0.05, 0) is 60.0 Å². The standard InChI is InChI=1S/C29H29N3O5S/c1-35-23-12-9-20(10-13-23)17-24-28(34)32(22-7-5-4-6-8-22)29(31-24)38-19-27(33)30-16-15-21-11-14-25(36-2)26(18-21)37-3/h4-14,17-18H,15-16,19H2,1-3H3,(H,30,33). The first-order valence-electron chi connectivity index (χ1n) is 12.0. The van der Waals surface area contributed by atoms with Gasteiger partial charge >= 0.3 is 0 Å². The highest BCUT2D eigenvalue weighted by Gasteiger charge is 2.32. The number of hydrogen-bond donors (Lipinski definition) is 1. The predicted octanol–water partition coefficient (Wildman–Crippen LogP) is 4.55. The quantitative estimate of drug-likeness (QED) is 0.386. The lowest BCUT2D eigenvalue weighted by atomic mass is 10.1. The number of anilines is 1. The molecule has 0 saturated carbocycles. The summed E-state index contributed by atoms with van der Waals surface area (Å²) in [5.41, 5.74) is 2.83. The average Bonchev–Trinajstić information content (AvgIpc) is 3.27. The zero-order valence-electron chi connectivity index (χ0n) is 21.5. The lowest BCUT2D eigenvalue weighted by molar-refractivity contribution is -0.118. The summed E-state index contributed by atoms with van der Waals surface area (Å²) in [7, 11) is 4.79. The number of hydrogen-bond acceptors (Lipinski definition) is 7. The van der Waals surface area contributed by atoms with Crippen LogP contribution in [-0.2, 0) is 16.0 Å². The van der Waals surface area contributed by atoms with Gasteiger partial charge in [-0.25, -0.2) is 4.99 Å². The molecule has 0 bridgehead atoms. The number of carbonyl (C=O) groups excluding carboxylic acids is 2. The minimum atomic E-state index is -0.247. The maximum atomic E-state index is 13.3. The number of rotatable bonds is 10. The Kier molecular flexibility index (Phi) is 9.05. The number of amides is 2. The number of nitrogens with one attached hydrogen (secondary N) is 1. The van der Waals surface area contributed by atoms with Crippen molar-refractivity contribution in [3.63, 3.8) is 0 Å². The second-order valence-electron chi connectivity index (χ2n) is 8.25. The first-order chi connectivity index (χ1) is 18.5. The van der Waals surface area contributed by atoms with Crippen LogP contribution < -0.4 is 24.4 Å². The summed E-state index contributed by atoms with van der Waals surface area (Å²) in [6.45, 7) is 0.464. The van der Waals surface area contributed by atoms with Gasteiger partial charge in [0.2, 0.25) is 5.91 Å². The van der Waals surface area contributed by atoms with Crippen molar-refractivity contribution in [1.82, 2.24) is 5.32 Å². The Balaban J connectivity index is 1.41. The minimum absolute atomic E-state index is 0.122. The molecule has 0 saturated heterocycles. The van der Waals surface area contributed by atoms with E-state index in [1.807, 2.05) is 72.8 Å². The highest BCUT2D eigenvalue weighted by molar-refractivity contribution is 8.14. The molecular weight excluding hydrogens is 502 g/mol. The molecule has 0 fully saturated rings. The molecule has 1 aliphatic heterocycles. The van der Waals surface area contributed by atoms with Crippen LogP contribution in [0.4, 0.5) is 5.69 Å². The van der Waals surface area contributed by atoms with E-state index in [0.717, 1.165) is 16.9 Å². The molecule has 0 atom stereocenters. The number of amidine groups is 1. The third-order valence-electron chi connectivity index (χ3n) is 5.78. The molecule has 0 aromatic heterocycles. The van der Waals surface area contributed by atoms with E-state index in [2.05, 4.69) is 10.3 Å². The monoisotopic (exact) mass is 531 g/mol. The van der Waals surface area contributed by atoms with Crippen molar-refractivity contribution >= 4 is 40.5 Å². The van der Waals surface area contributed by atoms with E-state index >= 15 is 0 Å². The molecule has 1 heterocycles. The summed E-state index contributed by atoms with van der Waals surface area (Å²) in [6.07, 6.45) is 2.37. The molecule has 3 aromatic rings. The Morgan fingerprint density at radius 2 is 1.68 bits per heavy atom. The van der Waals surface area contributed by atoms with Gasteiger partial charge in [0, 0.05) is 6.54 Å². The van der Waals surface area contributed by atoms with Crippen LogP contribution in [0.2, 0.25) is 0 Å². The van der Waals surface area contributed by atoms with Crippen LogP contribution in [0, 0.1) is 0 Å². The summed E-state index contributed by atoms with van der Waals surface area (Å²) in [6, 6.07) is 22.3. The highest BCUT2D eigenvalue weighted by atomic mass is 32.2. The third-order valence-corrected chi connectivity index (χ3v) is 6.72. The number of ether oxygens (including phenoxy) is 3. The normalized spacial score (nSPS) is 13.9. The lowest BCUT2D eigenvalue weighted by Crippen LogP contribution is -2.32. The smallest absolute Gasteiger partial charge is 0.283 e. The van der Waals surface area contributed by atoms with Crippen LogP contribution in [0.25, 0.3) is 6.08 Å². The summed E-state index contributed by atoms with van der Waals surface area (Å²) in [5.74, 6) is 1.77. The number of benzene rings is 3. The highest BCUT2D eigenvalue weighted by Crippen LogP contribution is 2.30. The van der Waals surface area contributed by atoms with Crippen LogP contribution in [0.1, 0.15) is 11.1 Å². The summed E-state index contributed by atoms with van der Waals surface area (Å²) >= 11 is 1.22. The molecule has 4 rings (SSSR count). The fourth-order valence-corrected chi connectivity index (χ4v) is 4.66. The van der Waals surface area contributed by atoms with Crippen LogP contribution in [0.15, 0.2) is 83.5 Å². The molecule has 3 aromatic carbocycles. The number of nitrogens with zero attached hydrogens (tertiary/aromatic N) is 2. The number of thioether (sulfide) groups is 1. The van der Waals surface area contributed by atoms with Gasteiger partial charge in [-0.1, -0.05) is 48.2 Å². The first-order valence-corrected chi connectivity index (χ1v) is 12.9. The number of carbonyl (C=O) groups is 2. The minimum Gasteiger partial charge on any atom is -0.497 e. The van der Waals surface area contributed by atoms with Gasteiger partial charge in [0.1, 0.15) is 11.4 Å². The van der Waals surface area contributed by atoms with Gasteiger partial charge in [-0.15, -0.1) is 0 Å². The fraction of sp³-hybridized carbons (Fsp3) is 0.207. The molecule has 1 N–H and O–H groups in total. The Morgan fingerprint density at radius 1 is 0.947 bits per heavy atom. The zero-order valence-corrected chi connectivity index (χ0v) is 22.3. The lowest BCUT2D eigenvalue weighted by Gasteiger charge is -2.17. The van der Waals surface area contributed by atoms with Gasteiger partial charge < -0.3 is 19.5 Å². The Bertz CT molecular complexity index is 1340. The van der Waals surface area contributed by atoms with E-state index in [-0.39, 0.29) is 17.6 Å². The van der Waals surface area contributed by atoms with Crippen molar-refractivity contribution in [2.75, 3.05) is 38.5 Å². The maximum absolute atomic E-state index is 13.3. The summed E-state index contributed by atoms with van der Waals surface area (Å²) in [5, 5.41) is 3.39. The molecule has 2 amide bonds. The molecule has 0 spiro atoms. The number of aliphatic imine (C=N–C) groups is 1. The summed E-state index contributed by atoms with van der Waals surface area (Å²) < 4.78 is 15.8. The van der Waals surface area contributed by atoms with Crippen molar-refractivity contribution in [3.05, 3.63) is 89.6 Å². The van der Waals surface area contributed by atoms with Crippen LogP contribution in [-0.4, -0.2) is 50.6 Å². The SMILES string of the molecule is COc1ccc(C=C2N=C(SCC(=O)NCCc3ccc(OC)c(OC)c3)N(c3ccccc3)C2=O)cc1. The molecule has 1 aliphatic rings. The van der Waals surface area contributed by atoms with Crippen molar-refractivity contribution in [2.45, 2.75) is 6.42 Å². The zero-order chi connectivity index (χ0) is 26.9. The van der Waals surface area contributed by atoms with Gasteiger partial charge in [0.25, 0.3) is 5.91 Å². The largest absolute Gasteiger partial charge is 0.497 e. The second kappa shape index (κ2) is 12.8. The van der Waals surface area contributed by atoms with E-state index in [1.165, 1.54) is 16.7 Å². The summed E-state index contributed by atoms with van der Waals surface area (Å²) in [4.78, 5) is 32.0. The van der Waals surface area contributed by atoms with E-state index < -0.39 is 0 Å².